The maximum Gasteiger partial charge on any atom is 0.287 e. The number of nitrogen functional groups attached to an aromatic ring is 1. The lowest BCUT2D eigenvalue weighted by Gasteiger charge is -2.08. The molecule has 9 heteroatoms. The van der Waals surface area contributed by atoms with Gasteiger partial charge in [-0.3, -0.25) is 10.1 Å². The first-order chi connectivity index (χ1) is 9.51. The average molecular weight is 357 g/mol. The molecule has 1 aromatic carbocycles. The van der Waals surface area contributed by atoms with E-state index in [2.05, 4.69) is 25.9 Å². The van der Waals surface area contributed by atoms with Crippen molar-refractivity contribution in [3.8, 4) is 11.6 Å². The first-order valence-corrected chi connectivity index (χ1v) is 7.32. The third-order valence-electron chi connectivity index (χ3n) is 2.24. The summed E-state index contributed by atoms with van der Waals surface area (Å²) in [6.07, 6.45) is 1.81. The summed E-state index contributed by atoms with van der Waals surface area (Å²) in [7, 11) is 0. The lowest BCUT2D eigenvalue weighted by Crippen LogP contribution is -1.98. The fraction of sp³-hybridized carbons (Fsp3) is 0.0909. The molecule has 0 saturated carbocycles. The second-order valence-corrected chi connectivity index (χ2v) is 5.13. The van der Waals surface area contributed by atoms with Crippen LogP contribution in [-0.2, 0) is 0 Å². The Bertz CT molecular complexity index is 668. The molecule has 2 aromatic rings. The second kappa shape index (κ2) is 6.06. The summed E-state index contributed by atoms with van der Waals surface area (Å²) < 4.78 is 5.77. The SMILES string of the molecule is CSc1nc(N)cc(Oc2cccc([N+](=O)[O-])c2Br)n1. The molecule has 0 atom stereocenters. The van der Waals surface area contributed by atoms with E-state index in [1.807, 2.05) is 6.26 Å². The monoisotopic (exact) mass is 356 g/mol. The highest BCUT2D eigenvalue weighted by Crippen LogP contribution is 2.36. The molecule has 1 aromatic heterocycles. The Labute approximate surface area is 126 Å². The number of benzene rings is 1. The van der Waals surface area contributed by atoms with Crippen LogP contribution in [0.25, 0.3) is 0 Å². The Morgan fingerprint density at radius 3 is 2.85 bits per heavy atom. The lowest BCUT2D eigenvalue weighted by molar-refractivity contribution is -0.385. The molecule has 0 spiro atoms. The van der Waals surface area contributed by atoms with Crippen molar-refractivity contribution in [3.63, 3.8) is 0 Å². The molecule has 2 N–H and O–H groups in total. The summed E-state index contributed by atoms with van der Waals surface area (Å²) in [5, 5.41) is 11.3. The Morgan fingerprint density at radius 2 is 2.20 bits per heavy atom. The molecule has 0 bridgehead atoms. The van der Waals surface area contributed by atoms with Gasteiger partial charge in [0.25, 0.3) is 5.69 Å². The molecular formula is C11H9BrN4O3S. The minimum absolute atomic E-state index is 0.0883. The molecule has 2 rings (SSSR count). The van der Waals surface area contributed by atoms with Crippen LogP contribution in [0.5, 0.6) is 11.6 Å². The maximum absolute atomic E-state index is 10.9. The third-order valence-corrected chi connectivity index (χ3v) is 3.58. The van der Waals surface area contributed by atoms with Gasteiger partial charge in [0.1, 0.15) is 10.3 Å². The zero-order valence-electron chi connectivity index (χ0n) is 10.2. The topological polar surface area (TPSA) is 104 Å². The first kappa shape index (κ1) is 14.5. The van der Waals surface area contributed by atoms with Crippen molar-refractivity contribution in [2.75, 3.05) is 12.0 Å². The zero-order valence-corrected chi connectivity index (χ0v) is 12.6. The number of aromatic nitrogens is 2. The van der Waals surface area contributed by atoms with E-state index >= 15 is 0 Å². The lowest BCUT2D eigenvalue weighted by atomic mass is 10.3. The highest BCUT2D eigenvalue weighted by Gasteiger charge is 2.17. The van der Waals surface area contributed by atoms with E-state index in [0.29, 0.717) is 5.16 Å². The average Bonchev–Trinajstić information content (AvgIpc) is 2.40. The van der Waals surface area contributed by atoms with E-state index in [9.17, 15) is 10.1 Å². The van der Waals surface area contributed by atoms with Gasteiger partial charge in [0.15, 0.2) is 10.9 Å². The molecular weight excluding hydrogens is 348 g/mol. The van der Waals surface area contributed by atoms with E-state index in [4.69, 9.17) is 10.5 Å². The number of anilines is 1. The number of hydrogen-bond donors (Lipinski definition) is 1. The Morgan fingerprint density at radius 1 is 1.45 bits per heavy atom. The number of nitrogens with zero attached hydrogens (tertiary/aromatic N) is 3. The normalized spacial score (nSPS) is 10.3. The molecule has 0 unspecified atom stereocenters. The molecule has 0 saturated heterocycles. The maximum atomic E-state index is 10.9. The zero-order chi connectivity index (χ0) is 14.7. The quantitative estimate of drug-likeness (QED) is 0.388. The highest BCUT2D eigenvalue weighted by atomic mass is 79.9. The Hall–Kier alpha value is -1.87. The first-order valence-electron chi connectivity index (χ1n) is 5.30. The van der Waals surface area contributed by atoms with E-state index < -0.39 is 4.92 Å². The minimum atomic E-state index is -0.501. The van der Waals surface area contributed by atoms with Gasteiger partial charge in [-0.2, -0.15) is 4.98 Å². The van der Waals surface area contributed by atoms with Crippen LogP contribution in [-0.4, -0.2) is 21.1 Å². The number of rotatable bonds is 4. The van der Waals surface area contributed by atoms with Crippen LogP contribution < -0.4 is 10.5 Å². The number of ether oxygens (including phenoxy) is 1. The van der Waals surface area contributed by atoms with Crippen LogP contribution in [0.4, 0.5) is 11.5 Å². The Kier molecular flexibility index (Phi) is 4.40. The molecule has 0 aliphatic rings. The van der Waals surface area contributed by atoms with Crippen molar-refractivity contribution in [1.29, 1.82) is 0 Å². The standard InChI is InChI=1S/C11H9BrN4O3S/c1-20-11-14-8(13)5-9(15-11)19-7-4-2-3-6(10(7)12)16(17)18/h2-5H,1H3,(H2,13,14,15). The van der Waals surface area contributed by atoms with Crippen LogP contribution in [0.2, 0.25) is 0 Å². The summed E-state index contributed by atoms with van der Waals surface area (Å²) in [6.45, 7) is 0. The third kappa shape index (κ3) is 3.17. The fourth-order valence-electron chi connectivity index (χ4n) is 1.40. The summed E-state index contributed by atoms with van der Waals surface area (Å²) >= 11 is 4.46. The number of hydrogen-bond acceptors (Lipinski definition) is 7. The van der Waals surface area contributed by atoms with Crippen LogP contribution >= 0.6 is 27.7 Å². The van der Waals surface area contributed by atoms with Crippen LogP contribution in [0.15, 0.2) is 33.9 Å². The summed E-state index contributed by atoms with van der Waals surface area (Å²) in [4.78, 5) is 18.5. The number of nitro groups is 1. The van der Waals surface area contributed by atoms with Gasteiger partial charge in [0, 0.05) is 12.1 Å². The summed E-state index contributed by atoms with van der Waals surface area (Å²) in [5.74, 6) is 0.772. The highest BCUT2D eigenvalue weighted by molar-refractivity contribution is 9.10. The van der Waals surface area contributed by atoms with Crippen LogP contribution in [0.3, 0.4) is 0 Å². The fourth-order valence-corrected chi connectivity index (χ4v) is 2.26. The smallest absolute Gasteiger partial charge is 0.287 e. The van der Waals surface area contributed by atoms with Crippen molar-refractivity contribution in [1.82, 2.24) is 9.97 Å². The van der Waals surface area contributed by atoms with Crippen molar-refractivity contribution in [3.05, 3.63) is 38.9 Å². The van der Waals surface area contributed by atoms with E-state index in [1.54, 1.807) is 6.07 Å². The van der Waals surface area contributed by atoms with Gasteiger partial charge in [0.05, 0.1) is 4.92 Å². The van der Waals surface area contributed by atoms with E-state index in [0.717, 1.165) is 0 Å². The molecule has 0 amide bonds. The largest absolute Gasteiger partial charge is 0.437 e. The number of nitrogens with two attached hydrogens (primary N) is 1. The van der Waals surface area contributed by atoms with Crippen molar-refractivity contribution < 1.29 is 9.66 Å². The Balaban J connectivity index is 2.37. The predicted molar refractivity (Wildman–Crippen MR) is 79.1 cm³/mol. The van der Waals surface area contributed by atoms with Gasteiger partial charge in [-0.15, -0.1) is 0 Å². The number of halogens is 1. The van der Waals surface area contributed by atoms with Crippen LogP contribution in [0, 0.1) is 10.1 Å². The van der Waals surface area contributed by atoms with Gasteiger partial charge in [0.2, 0.25) is 5.88 Å². The van der Waals surface area contributed by atoms with Gasteiger partial charge >= 0.3 is 0 Å². The number of nitro benzene ring substituents is 1. The molecule has 7 nitrogen and oxygen atoms in total. The molecule has 0 fully saturated rings. The molecule has 0 radical (unpaired) electrons. The summed E-state index contributed by atoms with van der Waals surface area (Å²) in [5.41, 5.74) is 5.55. The molecule has 0 aliphatic heterocycles. The van der Waals surface area contributed by atoms with Gasteiger partial charge < -0.3 is 10.5 Å². The molecule has 0 aliphatic carbocycles. The van der Waals surface area contributed by atoms with Gasteiger partial charge in [-0.1, -0.05) is 17.8 Å². The van der Waals surface area contributed by atoms with Crippen molar-refractivity contribution in [2.24, 2.45) is 0 Å². The van der Waals surface area contributed by atoms with E-state index in [1.165, 1.54) is 30.0 Å². The van der Waals surface area contributed by atoms with Gasteiger partial charge in [-0.05, 0) is 28.3 Å². The molecule has 20 heavy (non-hydrogen) atoms. The van der Waals surface area contributed by atoms with E-state index in [-0.39, 0.29) is 27.6 Å². The van der Waals surface area contributed by atoms with Gasteiger partial charge in [-0.25, -0.2) is 4.98 Å². The van der Waals surface area contributed by atoms with Crippen molar-refractivity contribution in [2.45, 2.75) is 5.16 Å². The second-order valence-electron chi connectivity index (χ2n) is 3.57. The summed E-state index contributed by atoms with van der Waals surface area (Å²) in [6, 6.07) is 5.94. The molecule has 104 valence electrons. The number of thioether (sulfide) groups is 1. The predicted octanol–water partition coefficient (Wildman–Crippen LogP) is 3.24. The van der Waals surface area contributed by atoms with Crippen molar-refractivity contribution >= 4 is 39.2 Å². The van der Waals surface area contributed by atoms with Crippen LogP contribution in [0.1, 0.15) is 0 Å². The minimum Gasteiger partial charge on any atom is -0.437 e. The molecule has 1 heterocycles.